The lowest BCUT2D eigenvalue weighted by Crippen LogP contribution is -2.61. The van der Waals surface area contributed by atoms with Crippen LogP contribution in [-0.4, -0.2) is 53.0 Å². The Morgan fingerprint density at radius 2 is 2.00 bits per heavy atom. The fourth-order valence-electron chi connectivity index (χ4n) is 2.77. The topological polar surface area (TPSA) is 122 Å². The van der Waals surface area contributed by atoms with E-state index in [0.717, 1.165) is 12.8 Å². The summed E-state index contributed by atoms with van der Waals surface area (Å²) >= 11 is 0. The Kier molecular flexibility index (Phi) is 6.99. The van der Waals surface area contributed by atoms with E-state index in [2.05, 4.69) is 5.32 Å². The van der Waals surface area contributed by atoms with Gasteiger partial charge in [0.25, 0.3) is 0 Å². The standard InChI is InChI=1S/C15H26N2O5/c1-4-9(5-2)22-12-6-10(15(20)21)11(7-18)13(16)14(12)17-8(3)19/h6,9,11-14,18H,4-5,7,16H2,1-3H3,(H,17,19)(H,20,21)/t11-,12-,13+,14+/m1/s1. The van der Waals surface area contributed by atoms with Crippen molar-refractivity contribution < 1.29 is 24.5 Å². The Bertz CT molecular complexity index is 434. The fourth-order valence-corrected chi connectivity index (χ4v) is 2.77. The van der Waals surface area contributed by atoms with E-state index in [0.29, 0.717) is 0 Å². The third-order valence-corrected chi connectivity index (χ3v) is 4.05. The Labute approximate surface area is 130 Å². The maximum absolute atomic E-state index is 11.4. The number of carboxylic acid groups (broad SMARTS) is 1. The van der Waals surface area contributed by atoms with E-state index >= 15 is 0 Å². The Morgan fingerprint density at radius 3 is 2.41 bits per heavy atom. The number of aliphatic carboxylic acids is 1. The first-order chi connectivity index (χ1) is 10.3. The SMILES string of the molecule is CCC(CC)O[C@@H]1C=C(C(=O)O)[C@@H](CO)[C@H](N)[C@H]1NC(C)=O. The van der Waals surface area contributed by atoms with Gasteiger partial charge >= 0.3 is 5.97 Å². The largest absolute Gasteiger partial charge is 0.478 e. The third-order valence-electron chi connectivity index (χ3n) is 4.05. The normalized spacial score (nSPS) is 28.4. The van der Waals surface area contributed by atoms with Gasteiger partial charge < -0.3 is 26.0 Å². The van der Waals surface area contributed by atoms with Crippen LogP contribution in [0, 0.1) is 5.92 Å². The van der Waals surface area contributed by atoms with E-state index in [9.17, 15) is 19.8 Å². The molecule has 4 atom stereocenters. The van der Waals surface area contributed by atoms with Gasteiger partial charge in [0, 0.05) is 24.5 Å². The zero-order valence-electron chi connectivity index (χ0n) is 13.3. The van der Waals surface area contributed by atoms with Gasteiger partial charge in [0.05, 0.1) is 24.9 Å². The highest BCUT2D eigenvalue weighted by molar-refractivity contribution is 5.88. The second-order valence-corrected chi connectivity index (χ2v) is 5.56. The minimum Gasteiger partial charge on any atom is -0.478 e. The monoisotopic (exact) mass is 314 g/mol. The molecule has 126 valence electrons. The van der Waals surface area contributed by atoms with Crippen molar-refractivity contribution in [3.05, 3.63) is 11.6 Å². The second kappa shape index (κ2) is 8.26. The van der Waals surface area contributed by atoms with Crippen LogP contribution in [0.5, 0.6) is 0 Å². The number of aliphatic hydroxyl groups excluding tert-OH is 1. The molecule has 0 heterocycles. The van der Waals surface area contributed by atoms with Gasteiger partial charge in [0.15, 0.2) is 0 Å². The average molecular weight is 314 g/mol. The van der Waals surface area contributed by atoms with E-state index in [1.807, 2.05) is 13.8 Å². The Balaban J connectivity index is 3.15. The molecule has 0 fully saturated rings. The van der Waals surface area contributed by atoms with Crippen molar-refractivity contribution in [3.8, 4) is 0 Å². The number of amides is 1. The molecule has 7 heteroatoms. The maximum atomic E-state index is 11.4. The van der Waals surface area contributed by atoms with Gasteiger partial charge in [-0.15, -0.1) is 0 Å². The molecule has 7 nitrogen and oxygen atoms in total. The number of carbonyl (C=O) groups excluding carboxylic acids is 1. The van der Waals surface area contributed by atoms with E-state index in [4.69, 9.17) is 10.5 Å². The molecule has 0 aromatic rings. The van der Waals surface area contributed by atoms with Crippen LogP contribution in [0.2, 0.25) is 0 Å². The van der Waals surface area contributed by atoms with E-state index in [1.54, 1.807) is 0 Å². The van der Waals surface area contributed by atoms with Gasteiger partial charge in [-0.1, -0.05) is 13.8 Å². The van der Waals surface area contributed by atoms with Gasteiger partial charge in [0.2, 0.25) is 5.91 Å². The van der Waals surface area contributed by atoms with Crippen LogP contribution in [-0.2, 0) is 14.3 Å². The molecule has 1 rings (SSSR count). The minimum atomic E-state index is -1.13. The molecule has 0 radical (unpaired) electrons. The predicted molar refractivity (Wildman–Crippen MR) is 81.1 cm³/mol. The molecule has 1 amide bonds. The van der Waals surface area contributed by atoms with Crippen LogP contribution in [0.1, 0.15) is 33.6 Å². The van der Waals surface area contributed by atoms with Gasteiger partial charge in [0.1, 0.15) is 0 Å². The molecule has 0 aliphatic heterocycles. The first-order valence-electron chi connectivity index (χ1n) is 7.59. The zero-order valence-corrected chi connectivity index (χ0v) is 13.3. The number of hydrogen-bond donors (Lipinski definition) is 4. The summed E-state index contributed by atoms with van der Waals surface area (Å²) in [5, 5.41) is 21.5. The number of nitrogens with two attached hydrogens (primary N) is 1. The highest BCUT2D eigenvalue weighted by Crippen LogP contribution is 2.28. The van der Waals surface area contributed by atoms with E-state index in [1.165, 1.54) is 13.0 Å². The van der Waals surface area contributed by atoms with Crippen LogP contribution in [0.15, 0.2) is 11.6 Å². The molecule has 0 aromatic carbocycles. The molecular formula is C15H26N2O5. The number of aliphatic hydroxyl groups is 1. The summed E-state index contributed by atoms with van der Waals surface area (Å²) in [5.41, 5.74) is 6.14. The molecule has 22 heavy (non-hydrogen) atoms. The van der Waals surface area contributed by atoms with Crippen LogP contribution in [0.3, 0.4) is 0 Å². The lowest BCUT2D eigenvalue weighted by Gasteiger charge is -2.40. The molecule has 1 aliphatic carbocycles. The van der Waals surface area contributed by atoms with E-state index < -0.39 is 36.7 Å². The summed E-state index contributed by atoms with van der Waals surface area (Å²) in [6.45, 7) is 4.92. The number of carbonyl (C=O) groups is 2. The number of ether oxygens (including phenoxy) is 1. The van der Waals surface area contributed by atoms with Gasteiger partial charge in [-0.05, 0) is 18.9 Å². The van der Waals surface area contributed by atoms with Crippen LogP contribution < -0.4 is 11.1 Å². The van der Waals surface area contributed by atoms with Gasteiger partial charge in [-0.2, -0.15) is 0 Å². The summed E-state index contributed by atoms with van der Waals surface area (Å²) in [6, 6.07) is -1.30. The highest BCUT2D eigenvalue weighted by atomic mass is 16.5. The summed E-state index contributed by atoms with van der Waals surface area (Å²) in [7, 11) is 0. The number of hydrogen-bond acceptors (Lipinski definition) is 5. The molecule has 1 aliphatic rings. The van der Waals surface area contributed by atoms with E-state index in [-0.39, 0.29) is 17.6 Å². The van der Waals surface area contributed by atoms with Crippen molar-refractivity contribution >= 4 is 11.9 Å². The van der Waals surface area contributed by atoms with Crippen molar-refractivity contribution in [2.45, 2.75) is 57.9 Å². The van der Waals surface area contributed by atoms with Crippen molar-refractivity contribution in [1.82, 2.24) is 5.32 Å². The quantitative estimate of drug-likeness (QED) is 0.526. The number of rotatable bonds is 7. The predicted octanol–water partition coefficient (Wildman–Crippen LogP) is 0.0253. The van der Waals surface area contributed by atoms with Gasteiger partial charge in [-0.3, -0.25) is 4.79 Å². The summed E-state index contributed by atoms with van der Waals surface area (Å²) in [6.07, 6.45) is 2.33. The molecule has 0 bridgehead atoms. The third kappa shape index (κ3) is 4.28. The fraction of sp³-hybridized carbons (Fsp3) is 0.733. The number of nitrogens with one attached hydrogen (secondary N) is 1. The zero-order chi connectivity index (χ0) is 16.9. The van der Waals surface area contributed by atoms with Crippen molar-refractivity contribution in [2.75, 3.05) is 6.61 Å². The summed E-state index contributed by atoms with van der Waals surface area (Å²) < 4.78 is 5.93. The first-order valence-corrected chi connectivity index (χ1v) is 7.59. The Morgan fingerprint density at radius 1 is 1.41 bits per heavy atom. The Hall–Kier alpha value is -1.44. The van der Waals surface area contributed by atoms with Crippen molar-refractivity contribution in [1.29, 1.82) is 0 Å². The lowest BCUT2D eigenvalue weighted by molar-refractivity contribution is -0.134. The molecule has 5 N–H and O–H groups in total. The van der Waals surface area contributed by atoms with Gasteiger partial charge in [-0.25, -0.2) is 4.79 Å². The summed E-state index contributed by atoms with van der Waals surface area (Å²) in [4.78, 5) is 22.8. The second-order valence-electron chi connectivity index (χ2n) is 5.56. The first kappa shape index (κ1) is 18.6. The highest BCUT2D eigenvalue weighted by Gasteiger charge is 2.41. The molecule has 0 aromatic heterocycles. The molecule has 0 unspecified atom stereocenters. The smallest absolute Gasteiger partial charge is 0.331 e. The minimum absolute atomic E-state index is 0.0348. The van der Waals surface area contributed by atoms with Crippen LogP contribution in [0.25, 0.3) is 0 Å². The van der Waals surface area contributed by atoms with Crippen molar-refractivity contribution in [3.63, 3.8) is 0 Å². The van der Waals surface area contributed by atoms with Crippen molar-refractivity contribution in [2.24, 2.45) is 11.7 Å². The summed E-state index contributed by atoms with van der Waals surface area (Å²) in [5.74, 6) is -2.15. The molecule has 0 saturated carbocycles. The molecular weight excluding hydrogens is 288 g/mol. The average Bonchev–Trinajstić information content (AvgIpc) is 2.46. The molecule has 0 spiro atoms. The maximum Gasteiger partial charge on any atom is 0.331 e. The lowest BCUT2D eigenvalue weighted by atomic mass is 9.79. The number of carboxylic acids is 1. The molecule has 0 saturated heterocycles. The van der Waals surface area contributed by atoms with Crippen LogP contribution >= 0.6 is 0 Å². The van der Waals surface area contributed by atoms with Crippen LogP contribution in [0.4, 0.5) is 0 Å².